The zero-order chi connectivity index (χ0) is 30.5. The highest BCUT2D eigenvalue weighted by Gasteiger charge is 2.27. The molecule has 4 heterocycles. The summed E-state index contributed by atoms with van der Waals surface area (Å²) >= 11 is 0. The average Bonchev–Trinajstić information content (AvgIpc) is 3.06. The van der Waals surface area contributed by atoms with E-state index in [2.05, 4.69) is 49.4 Å². The van der Waals surface area contributed by atoms with Crippen molar-refractivity contribution in [3.8, 4) is 11.3 Å². The highest BCUT2D eigenvalue weighted by molar-refractivity contribution is 5.98. The fraction of sp³-hybridized carbons (Fsp3) is 0.455. The number of likely N-dealkylation sites (N-methyl/N-ethyl adjacent to an activating group) is 1. The van der Waals surface area contributed by atoms with Crippen molar-refractivity contribution < 1.29 is 9.53 Å². The van der Waals surface area contributed by atoms with Crippen LogP contribution in [0.2, 0.25) is 0 Å². The summed E-state index contributed by atoms with van der Waals surface area (Å²) in [6, 6.07) is 16.2. The highest BCUT2D eigenvalue weighted by atomic mass is 16.5. The minimum absolute atomic E-state index is 0.0207. The van der Waals surface area contributed by atoms with Crippen LogP contribution in [-0.4, -0.2) is 97.3 Å². The molecule has 44 heavy (non-hydrogen) atoms. The number of rotatable bonds is 8. The Morgan fingerprint density at radius 2 is 1.64 bits per heavy atom. The molecule has 3 aliphatic rings. The summed E-state index contributed by atoms with van der Waals surface area (Å²) in [4.78, 5) is 33.4. The van der Waals surface area contributed by atoms with Crippen LogP contribution in [0.1, 0.15) is 36.2 Å². The molecule has 0 atom stereocenters. The van der Waals surface area contributed by atoms with Crippen LogP contribution in [0.4, 0.5) is 28.7 Å². The summed E-state index contributed by atoms with van der Waals surface area (Å²) < 4.78 is 5.54. The van der Waals surface area contributed by atoms with Crippen molar-refractivity contribution in [3.63, 3.8) is 0 Å². The molecule has 230 valence electrons. The van der Waals surface area contributed by atoms with Crippen LogP contribution in [-0.2, 0) is 4.74 Å². The molecule has 2 aromatic carbocycles. The topological polar surface area (TPSA) is 116 Å². The molecule has 0 unspecified atom stereocenters. The number of piperazine rings is 1. The smallest absolute Gasteiger partial charge is 0.271 e. The van der Waals surface area contributed by atoms with Crippen LogP contribution in [0.25, 0.3) is 16.1 Å². The molecule has 3 aromatic rings. The molecule has 1 amide bonds. The normalized spacial score (nSPS) is 19.0. The predicted octanol–water partition coefficient (Wildman–Crippen LogP) is 4.34. The van der Waals surface area contributed by atoms with Gasteiger partial charge in [-0.2, -0.15) is 0 Å². The van der Waals surface area contributed by atoms with E-state index in [4.69, 9.17) is 27.0 Å². The molecule has 6 rings (SSSR count). The molecule has 3 aliphatic heterocycles. The molecule has 3 saturated heterocycles. The Labute approximate surface area is 259 Å². The number of hydrogen-bond donors (Lipinski definition) is 3. The summed E-state index contributed by atoms with van der Waals surface area (Å²) in [7, 11) is 2.20. The Hall–Kier alpha value is -4.24. The molecule has 1 aromatic heterocycles. The summed E-state index contributed by atoms with van der Waals surface area (Å²) in [5.41, 5.74) is 9.26. The maximum Gasteiger partial charge on any atom is 0.271 e. The molecule has 11 heteroatoms. The summed E-state index contributed by atoms with van der Waals surface area (Å²) in [6.07, 6.45) is 3.99. The second kappa shape index (κ2) is 13.6. The van der Waals surface area contributed by atoms with Crippen LogP contribution in [0.5, 0.6) is 0 Å². The molecule has 0 aliphatic carbocycles. The van der Waals surface area contributed by atoms with E-state index in [0.29, 0.717) is 42.0 Å². The van der Waals surface area contributed by atoms with E-state index in [9.17, 15) is 4.79 Å². The van der Waals surface area contributed by atoms with Gasteiger partial charge in [-0.05, 0) is 57.0 Å². The average molecular weight is 596 g/mol. The minimum atomic E-state index is -0.695. The van der Waals surface area contributed by atoms with Gasteiger partial charge in [-0.25, -0.2) is 14.8 Å². The minimum Gasteiger partial charge on any atom is -0.381 e. The third-order valence-electron chi connectivity index (χ3n) is 8.98. The van der Waals surface area contributed by atoms with Gasteiger partial charge in [0.1, 0.15) is 5.69 Å². The van der Waals surface area contributed by atoms with Gasteiger partial charge in [-0.3, -0.25) is 9.69 Å². The SMILES string of the molecule is [C-]#[N+]c1ccccc1-c1nc(C(N)=O)c(Nc2ccc(N3CCC(N4CCN(C)CC4)CC3)cc2)nc1NC1CCOCC1. The molecular weight excluding hydrogens is 554 g/mol. The van der Waals surface area contributed by atoms with Gasteiger partial charge in [-0.15, -0.1) is 0 Å². The molecule has 0 bridgehead atoms. The van der Waals surface area contributed by atoms with E-state index in [1.807, 2.05) is 24.3 Å². The number of nitrogens with zero attached hydrogens (tertiary/aromatic N) is 6. The van der Waals surface area contributed by atoms with Crippen LogP contribution < -0.4 is 21.3 Å². The number of aromatic nitrogens is 2. The second-order valence-corrected chi connectivity index (χ2v) is 11.9. The molecule has 11 nitrogen and oxygen atoms in total. The van der Waals surface area contributed by atoms with E-state index >= 15 is 0 Å². The Bertz CT molecular complexity index is 1480. The fourth-order valence-corrected chi connectivity index (χ4v) is 6.36. The van der Waals surface area contributed by atoms with E-state index in [-0.39, 0.29) is 17.6 Å². The Morgan fingerprint density at radius 1 is 0.932 bits per heavy atom. The van der Waals surface area contributed by atoms with Crippen LogP contribution in [0.3, 0.4) is 0 Å². The van der Waals surface area contributed by atoms with E-state index in [1.54, 1.807) is 12.1 Å². The third-order valence-corrected chi connectivity index (χ3v) is 8.98. The Morgan fingerprint density at radius 3 is 2.32 bits per heavy atom. The number of nitrogens with one attached hydrogen (secondary N) is 2. The Balaban J connectivity index is 1.21. The molecule has 3 fully saturated rings. The number of para-hydroxylation sites is 1. The first-order chi connectivity index (χ1) is 21.5. The number of hydrogen-bond acceptors (Lipinski definition) is 9. The molecule has 4 N–H and O–H groups in total. The summed E-state index contributed by atoms with van der Waals surface area (Å²) in [6.45, 7) is 15.7. The van der Waals surface area contributed by atoms with Gasteiger partial charge in [0.15, 0.2) is 23.0 Å². The highest BCUT2D eigenvalue weighted by Crippen LogP contribution is 2.36. The van der Waals surface area contributed by atoms with Crippen molar-refractivity contribution in [1.29, 1.82) is 0 Å². The number of anilines is 4. The van der Waals surface area contributed by atoms with Crippen molar-refractivity contribution >= 4 is 34.6 Å². The van der Waals surface area contributed by atoms with Crippen LogP contribution >= 0.6 is 0 Å². The number of piperidine rings is 1. The number of nitrogens with two attached hydrogens (primary N) is 1. The van der Waals surface area contributed by atoms with Crippen molar-refractivity contribution in [2.45, 2.75) is 37.8 Å². The second-order valence-electron chi connectivity index (χ2n) is 11.9. The maximum atomic E-state index is 12.6. The van der Waals surface area contributed by atoms with Crippen molar-refractivity contribution in [2.24, 2.45) is 5.73 Å². The van der Waals surface area contributed by atoms with Crippen LogP contribution in [0, 0.1) is 6.57 Å². The molecule has 0 spiro atoms. The van der Waals surface area contributed by atoms with Gasteiger partial charge in [0.25, 0.3) is 5.91 Å². The summed E-state index contributed by atoms with van der Waals surface area (Å²) in [5, 5.41) is 6.81. The number of primary amides is 1. The van der Waals surface area contributed by atoms with Gasteiger partial charge in [-0.1, -0.05) is 24.3 Å². The van der Waals surface area contributed by atoms with E-state index in [1.165, 1.54) is 18.5 Å². The van der Waals surface area contributed by atoms with Gasteiger partial charge < -0.3 is 30.9 Å². The van der Waals surface area contributed by atoms with Gasteiger partial charge >= 0.3 is 0 Å². The number of benzene rings is 2. The Kier molecular flexibility index (Phi) is 9.21. The standard InChI is InChI=1S/C33H41N9O2/c1-35-28-6-4-3-5-27(28)29-32(37-24-13-21-44-22-14-24)39-33(30(38-29)31(34)43)36-23-7-9-25(10-8-23)41-15-11-26(12-16-41)42-19-17-40(2)18-20-42/h3-10,24,26H,11-22H2,2H3,(H2,34,43)(H2,36,37,39). The van der Waals surface area contributed by atoms with Crippen molar-refractivity contribution in [1.82, 2.24) is 19.8 Å². The first-order valence-corrected chi connectivity index (χ1v) is 15.6. The lowest BCUT2D eigenvalue weighted by atomic mass is 10.0. The number of ether oxygens (including phenoxy) is 1. The first kappa shape index (κ1) is 29.8. The molecule has 0 radical (unpaired) electrons. The summed E-state index contributed by atoms with van der Waals surface area (Å²) in [5.74, 6) is 0.0798. The van der Waals surface area contributed by atoms with Gasteiger partial charge in [0, 0.05) is 81.5 Å². The first-order valence-electron chi connectivity index (χ1n) is 15.6. The molecular formula is C33H41N9O2. The lowest BCUT2D eigenvalue weighted by Gasteiger charge is -2.42. The van der Waals surface area contributed by atoms with Gasteiger partial charge in [0.05, 0.1) is 6.57 Å². The lowest BCUT2D eigenvalue weighted by molar-refractivity contribution is 0.0904. The fourth-order valence-electron chi connectivity index (χ4n) is 6.36. The monoisotopic (exact) mass is 595 g/mol. The van der Waals surface area contributed by atoms with Crippen molar-refractivity contribution in [3.05, 3.63) is 65.6 Å². The van der Waals surface area contributed by atoms with E-state index < -0.39 is 5.91 Å². The maximum absolute atomic E-state index is 12.6. The number of carbonyl (C=O) groups excluding carboxylic acids is 1. The van der Waals surface area contributed by atoms with Gasteiger partial charge in [0.2, 0.25) is 0 Å². The van der Waals surface area contributed by atoms with E-state index in [0.717, 1.165) is 57.8 Å². The predicted molar refractivity (Wildman–Crippen MR) is 174 cm³/mol. The number of amides is 1. The third kappa shape index (κ3) is 6.78. The van der Waals surface area contributed by atoms with Crippen molar-refractivity contribution in [2.75, 3.05) is 75.1 Å². The lowest BCUT2D eigenvalue weighted by Crippen LogP contribution is -2.52. The number of carbonyl (C=O) groups is 1. The zero-order valence-corrected chi connectivity index (χ0v) is 25.3. The quantitative estimate of drug-likeness (QED) is 0.327. The molecule has 0 saturated carbocycles. The van der Waals surface area contributed by atoms with Crippen LogP contribution in [0.15, 0.2) is 48.5 Å². The zero-order valence-electron chi connectivity index (χ0n) is 25.3. The largest absolute Gasteiger partial charge is 0.381 e.